The van der Waals surface area contributed by atoms with Crippen LogP contribution in [0.2, 0.25) is 0 Å². The van der Waals surface area contributed by atoms with E-state index in [1.807, 2.05) is 0 Å². The highest BCUT2D eigenvalue weighted by atomic mass is 32.1. The first kappa shape index (κ1) is 16.9. The van der Waals surface area contributed by atoms with Gasteiger partial charge < -0.3 is 14.8 Å². The Hall–Kier alpha value is -3.53. The Morgan fingerprint density at radius 1 is 1.33 bits per heavy atom. The molecule has 0 radical (unpaired) electrons. The van der Waals surface area contributed by atoms with Gasteiger partial charge in [0.15, 0.2) is 11.5 Å². The number of thiophene rings is 1. The van der Waals surface area contributed by atoms with E-state index in [1.165, 1.54) is 17.4 Å². The molecular weight excluding hydrogens is 370 g/mol. The van der Waals surface area contributed by atoms with Crippen LogP contribution in [0.4, 0.5) is 0 Å². The first-order valence-corrected chi connectivity index (χ1v) is 8.87. The molecule has 0 unspecified atom stereocenters. The highest BCUT2D eigenvalue weighted by Crippen LogP contribution is 2.18. The lowest BCUT2D eigenvalue weighted by atomic mass is 10.2. The van der Waals surface area contributed by atoms with E-state index in [4.69, 9.17) is 4.52 Å². The van der Waals surface area contributed by atoms with E-state index in [9.17, 15) is 14.4 Å². The SMILES string of the molecule is O=C(NCCn1c(=O)[nH]c2ccsc2c1=O)c1cc(-c2cccnc2)on1. The third kappa shape index (κ3) is 3.29. The van der Waals surface area contributed by atoms with Crippen LogP contribution in [0, 0.1) is 0 Å². The molecule has 0 aromatic carbocycles. The van der Waals surface area contributed by atoms with Gasteiger partial charge in [-0.3, -0.25) is 19.1 Å². The molecule has 4 aromatic rings. The number of carbonyl (C=O) groups is 1. The standard InChI is InChI=1S/C17H13N5O4S/c23-15(12-8-13(26-21-12)10-2-1-4-18-9-10)19-5-6-22-16(24)14-11(3-7-27-14)20-17(22)25/h1-4,7-9H,5-6H2,(H,19,23)(H,20,25). The Morgan fingerprint density at radius 3 is 3.04 bits per heavy atom. The van der Waals surface area contributed by atoms with Crippen molar-refractivity contribution < 1.29 is 9.32 Å². The van der Waals surface area contributed by atoms with Gasteiger partial charge in [0.2, 0.25) is 0 Å². The summed E-state index contributed by atoms with van der Waals surface area (Å²) in [6, 6.07) is 6.72. The Bertz CT molecular complexity index is 1220. The molecule has 0 spiro atoms. The molecule has 1 amide bonds. The Balaban J connectivity index is 1.44. The Morgan fingerprint density at radius 2 is 2.22 bits per heavy atom. The molecule has 4 rings (SSSR count). The number of amides is 1. The maximum Gasteiger partial charge on any atom is 0.328 e. The van der Waals surface area contributed by atoms with E-state index in [1.54, 1.807) is 36.0 Å². The number of hydrogen-bond donors (Lipinski definition) is 2. The van der Waals surface area contributed by atoms with Gasteiger partial charge in [-0.1, -0.05) is 5.16 Å². The minimum Gasteiger partial charge on any atom is -0.355 e. The molecule has 0 aliphatic rings. The highest BCUT2D eigenvalue weighted by Gasteiger charge is 2.14. The molecule has 9 nitrogen and oxygen atoms in total. The van der Waals surface area contributed by atoms with Gasteiger partial charge in [-0.05, 0) is 23.6 Å². The molecule has 10 heteroatoms. The molecule has 0 saturated carbocycles. The number of aromatic amines is 1. The van der Waals surface area contributed by atoms with Crippen LogP contribution in [0.3, 0.4) is 0 Å². The van der Waals surface area contributed by atoms with Crippen LogP contribution >= 0.6 is 11.3 Å². The number of fused-ring (bicyclic) bond motifs is 1. The Labute approximate surface area is 155 Å². The molecule has 0 aliphatic heterocycles. The summed E-state index contributed by atoms with van der Waals surface area (Å²) in [4.78, 5) is 43.2. The average Bonchev–Trinajstić information content (AvgIpc) is 3.34. The van der Waals surface area contributed by atoms with Crippen molar-refractivity contribution in [1.29, 1.82) is 0 Å². The summed E-state index contributed by atoms with van der Waals surface area (Å²) in [6.45, 7) is 0.134. The molecular formula is C17H13N5O4S. The second-order valence-corrected chi connectivity index (χ2v) is 6.54. The molecule has 2 N–H and O–H groups in total. The smallest absolute Gasteiger partial charge is 0.328 e. The summed E-state index contributed by atoms with van der Waals surface area (Å²) >= 11 is 1.26. The third-order valence-corrected chi connectivity index (χ3v) is 4.80. The third-order valence-electron chi connectivity index (χ3n) is 3.90. The van der Waals surface area contributed by atoms with Crippen LogP contribution in [-0.4, -0.2) is 32.1 Å². The van der Waals surface area contributed by atoms with Gasteiger partial charge in [0.25, 0.3) is 11.5 Å². The number of carbonyl (C=O) groups excluding carboxylic acids is 1. The molecule has 0 bridgehead atoms. The van der Waals surface area contributed by atoms with Crippen molar-refractivity contribution in [3.05, 3.63) is 68.6 Å². The fraction of sp³-hybridized carbons (Fsp3) is 0.118. The lowest BCUT2D eigenvalue weighted by molar-refractivity contribution is 0.0943. The summed E-state index contributed by atoms with van der Waals surface area (Å²) in [5.41, 5.74) is 0.426. The minimum atomic E-state index is -0.513. The first-order chi connectivity index (χ1) is 13.1. The van der Waals surface area contributed by atoms with Gasteiger partial charge in [-0.25, -0.2) is 4.79 Å². The monoisotopic (exact) mass is 383 g/mol. The number of nitrogens with one attached hydrogen (secondary N) is 2. The number of pyridine rings is 1. The topological polar surface area (TPSA) is 123 Å². The predicted molar refractivity (Wildman–Crippen MR) is 98.8 cm³/mol. The van der Waals surface area contributed by atoms with Gasteiger partial charge >= 0.3 is 5.69 Å². The molecule has 136 valence electrons. The van der Waals surface area contributed by atoms with E-state index in [2.05, 4.69) is 20.4 Å². The van der Waals surface area contributed by atoms with E-state index in [0.29, 0.717) is 21.5 Å². The maximum absolute atomic E-state index is 12.3. The van der Waals surface area contributed by atoms with E-state index >= 15 is 0 Å². The van der Waals surface area contributed by atoms with Crippen LogP contribution < -0.4 is 16.6 Å². The lowest BCUT2D eigenvalue weighted by Crippen LogP contribution is -2.38. The summed E-state index contributed by atoms with van der Waals surface area (Å²) in [7, 11) is 0. The zero-order chi connectivity index (χ0) is 18.8. The number of nitrogens with zero attached hydrogens (tertiary/aromatic N) is 3. The van der Waals surface area contributed by atoms with Gasteiger partial charge in [0.05, 0.1) is 5.52 Å². The molecule has 0 atom stereocenters. The van der Waals surface area contributed by atoms with Crippen LogP contribution in [0.5, 0.6) is 0 Å². The van der Waals surface area contributed by atoms with Gasteiger partial charge in [-0.15, -0.1) is 11.3 Å². The summed E-state index contributed by atoms with van der Waals surface area (Å²) in [5, 5.41) is 8.09. The molecule has 0 saturated heterocycles. The zero-order valence-electron chi connectivity index (χ0n) is 13.8. The number of H-pyrrole nitrogens is 1. The van der Waals surface area contributed by atoms with Crippen molar-refractivity contribution in [1.82, 2.24) is 25.0 Å². The van der Waals surface area contributed by atoms with E-state index in [-0.39, 0.29) is 24.3 Å². The second kappa shape index (κ2) is 7.00. The van der Waals surface area contributed by atoms with Crippen molar-refractivity contribution in [2.45, 2.75) is 6.54 Å². The minimum absolute atomic E-state index is 0.0427. The van der Waals surface area contributed by atoms with Gasteiger partial charge in [-0.2, -0.15) is 0 Å². The quantitative estimate of drug-likeness (QED) is 0.534. The highest BCUT2D eigenvalue weighted by molar-refractivity contribution is 7.17. The van der Waals surface area contributed by atoms with Crippen LogP contribution in [0.25, 0.3) is 21.5 Å². The van der Waals surface area contributed by atoms with Gasteiger partial charge in [0, 0.05) is 37.1 Å². The predicted octanol–water partition coefficient (Wildman–Crippen LogP) is 1.23. The second-order valence-electron chi connectivity index (χ2n) is 5.62. The van der Waals surface area contributed by atoms with Crippen molar-refractivity contribution in [3.8, 4) is 11.3 Å². The maximum atomic E-state index is 12.3. The fourth-order valence-corrected chi connectivity index (χ4v) is 3.37. The number of rotatable bonds is 5. The largest absolute Gasteiger partial charge is 0.355 e. The van der Waals surface area contributed by atoms with Crippen LogP contribution in [-0.2, 0) is 6.54 Å². The summed E-state index contributed by atoms with van der Waals surface area (Å²) < 4.78 is 6.68. The van der Waals surface area contributed by atoms with Crippen molar-refractivity contribution in [2.24, 2.45) is 0 Å². The molecule has 4 aromatic heterocycles. The van der Waals surface area contributed by atoms with Gasteiger partial charge in [0.1, 0.15) is 4.70 Å². The molecule has 27 heavy (non-hydrogen) atoms. The Kier molecular flexibility index (Phi) is 4.38. The fourth-order valence-electron chi connectivity index (χ4n) is 2.57. The molecule has 0 aliphatic carbocycles. The van der Waals surface area contributed by atoms with Crippen LogP contribution in [0.1, 0.15) is 10.5 Å². The lowest BCUT2D eigenvalue weighted by Gasteiger charge is -2.05. The normalized spacial score (nSPS) is 11.0. The van der Waals surface area contributed by atoms with E-state index in [0.717, 1.165) is 4.57 Å². The summed E-state index contributed by atoms with van der Waals surface area (Å²) in [5.74, 6) is -0.0420. The average molecular weight is 383 g/mol. The van der Waals surface area contributed by atoms with Crippen molar-refractivity contribution in [3.63, 3.8) is 0 Å². The number of aromatic nitrogens is 4. The van der Waals surface area contributed by atoms with Crippen LogP contribution in [0.15, 0.2) is 56.2 Å². The number of hydrogen-bond acceptors (Lipinski definition) is 7. The molecule has 4 heterocycles. The first-order valence-electron chi connectivity index (χ1n) is 7.99. The zero-order valence-corrected chi connectivity index (χ0v) is 14.7. The van der Waals surface area contributed by atoms with Crippen molar-refractivity contribution in [2.75, 3.05) is 6.54 Å². The van der Waals surface area contributed by atoms with Crippen molar-refractivity contribution >= 4 is 27.5 Å². The molecule has 0 fully saturated rings. The summed E-state index contributed by atoms with van der Waals surface area (Å²) in [6.07, 6.45) is 3.23. The van der Waals surface area contributed by atoms with E-state index < -0.39 is 11.6 Å².